The molecule has 0 aliphatic carbocycles. The smallest absolute Gasteiger partial charge is 0.321 e. The van der Waals surface area contributed by atoms with Crippen LogP contribution in [-0.4, -0.2) is 76.4 Å². The van der Waals surface area contributed by atoms with E-state index in [4.69, 9.17) is 4.74 Å². The van der Waals surface area contributed by atoms with Crippen LogP contribution < -0.4 is 10.2 Å². The second-order valence-electron chi connectivity index (χ2n) is 7.21. The summed E-state index contributed by atoms with van der Waals surface area (Å²) in [7, 11) is 8.08. The van der Waals surface area contributed by atoms with Gasteiger partial charge >= 0.3 is 6.03 Å². The Morgan fingerprint density at radius 2 is 2.00 bits per heavy atom. The topological polar surface area (TPSA) is 48.1 Å². The zero-order valence-electron chi connectivity index (χ0n) is 16.2. The van der Waals surface area contributed by atoms with E-state index in [2.05, 4.69) is 22.0 Å². The minimum Gasteiger partial charge on any atom is -0.377 e. The van der Waals surface area contributed by atoms with Gasteiger partial charge in [-0.1, -0.05) is 0 Å². The molecule has 1 N–H and O–H groups in total. The van der Waals surface area contributed by atoms with Crippen molar-refractivity contribution in [2.24, 2.45) is 0 Å². The van der Waals surface area contributed by atoms with Crippen molar-refractivity contribution in [2.45, 2.75) is 25.9 Å². The van der Waals surface area contributed by atoms with Crippen molar-refractivity contribution in [3.05, 3.63) is 23.8 Å². The highest BCUT2D eigenvalue weighted by molar-refractivity contribution is 5.89. The molecule has 2 amide bonds. The fourth-order valence-electron chi connectivity index (χ4n) is 3.07. The molecular formula is C19H32N4O2. The first-order valence-electron chi connectivity index (χ1n) is 8.97. The van der Waals surface area contributed by atoms with E-state index in [-0.39, 0.29) is 12.1 Å². The molecule has 1 aliphatic heterocycles. The molecule has 0 bridgehead atoms. The zero-order chi connectivity index (χ0) is 18.4. The van der Waals surface area contributed by atoms with Crippen LogP contribution in [-0.2, 0) is 4.74 Å². The van der Waals surface area contributed by atoms with Crippen molar-refractivity contribution < 1.29 is 9.53 Å². The van der Waals surface area contributed by atoms with Gasteiger partial charge < -0.3 is 24.8 Å². The monoisotopic (exact) mass is 348 g/mol. The van der Waals surface area contributed by atoms with Gasteiger partial charge in [-0.15, -0.1) is 0 Å². The Kier molecular flexibility index (Phi) is 7.08. The zero-order valence-corrected chi connectivity index (χ0v) is 16.2. The van der Waals surface area contributed by atoms with E-state index >= 15 is 0 Å². The summed E-state index contributed by atoms with van der Waals surface area (Å²) in [6.45, 7) is 5.03. The number of amides is 2. The minimum atomic E-state index is -0.0608. The lowest BCUT2D eigenvalue weighted by atomic mass is 10.1. The molecule has 140 valence electrons. The van der Waals surface area contributed by atoms with Gasteiger partial charge in [0.05, 0.1) is 6.10 Å². The van der Waals surface area contributed by atoms with Gasteiger partial charge in [-0.25, -0.2) is 4.79 Å². The SMILES string of the molecule is Cc1cc(NC(=O)N(CCN(C)C)C[C@H]2CCCO2)ccc1N(C)C. The van der Waals surface area contributed by atoms with E-state index in [0.717, 1.165) is 42.9 Å². The molecule has 1 aliphatic rings. The molecule has 6 heteroatoms. The summed E-state index contributed by atoms with van der Waals surface area (Å²) in [5.74, 6) is 0. The maximum atomic E-state index is 12.8. The number of anilines is 2. The number of nitrogens with zero attached hydrogens (tertiary/aromatic N) is 3. The van der Waals surface area contributed by atoms with Crippen molar-refractivity contribution in [1.29, 1.82) is 0 Å². The molecule has 0 aromatic heterocycles. The first kappa shape index (κ1) is 19.5. The molecule has 6 nitrogen and oxygen atoms in total. The molecule has 1 aromatic rings. The fourth-order valence-corrected chi connectivity index (χ4v) is 3.07. The molecule has 0 spiro atoms. The van der Waals surface area contributed by atoms with E-state index < -0.39 is 0 Å². The Bertz CT molecular complexity index is 569. The van der Waals surface area contributed by atoms with Crippen molar-refractivity contribution in [1.82, 2.24) is 9.80 Å². The van der Waals surface area contributed by atoms with E-state index in [9.17, 15) is 4.79 Å². The van der Waals surface area contributed by atoms with Crippen LogP contribution in [0.15, 0.2) is 18.2 Å². The van der Waals surface area contributed by atoms with E-state index in [1.807, 2.05) is 51.3 Å². The van der Waals surface area contributed by atoms with Crippen LogP contribution >= 0.6 is 0 Å². The molecule has 1 heterocycles. The van der Waals surface area contributed by atoms with Crippen LogP contribution in [0.1, 0.15) is 18.4 Å². The van der Waals surface area contributed by atoms with Crippen molar-refractivity contribution in [3.63, 3.8) is 0 Å². The fraction of sp³-hybridized carbons (Fsp3) is 0.632. The molecule has 25 heavy (non-hydrogen) atoms. The van der Waals surface area contributed by atoms with E-state index in [0.29, 0.717) is 13.1 Å². The number of carbonyl (C=O) groups excluding carboxylic acids is 1. The summed E-state index contributed by atoms with van der Waals surface area (Å²) in [6, 6.07) is 5.95. The van der Waals surface area contributed by atoms with Gasteiger partial charge in [0.15, 0.2) is 0 Å². The average molecular weight is 348 g/mol. The molecule has 2 rings (SSSR count). The Hall–Kier alpha value is -1.79. The number of hydrogen-bond donors (Lipinski definition) is 1. The summed E-state index contributed by atoms with van der Waals surface area (Å²) < 4.78 is 5.71. The lowest BCUT2D eigenvalue weighted by Crippen LogP contribution is -2.43. The predicted octanol–water partition coefficient (Wildman–Crippen LogP) is 2.64. The second kappa shape index (κ2) is 9.06. The lowest BCUT2D eigenvalue weighted by Gasteiger charge is -2.27. The number of ether oxygens (including phenoxy) is 1. The third-order valence-electron chi connectivity index (χ3n) is 4.48. The molecule has 1 saturated heterocycles. The van der Waals surface area contributed by atoms with Crippen LogP contribution in [0.4, 0.5) is 16.2 Å². The van der Waals surface area contributed by atoms with Crippen molar-refractivity contribution in [3.8, 4) is 0 Å². The first-order valence-corrected chi connectivity index (χ1v) is 8.97. The Balaban J connectivity index is 2.02. The van der Waals surface area contributed by atoms with Crippen LogP contribution in [0.2, 0.25) is 0 Å². The summed E-state index contributed by atoms with van der Waals surface area (Å²) in [5, 5.41) is 3.04. The van der Waals surface area contributed by atoms with Crippen molar-refractivity contribution >= 4 is 17.4 Å². The molecule has 0 saturated carbocycles. The summed E-state index contributed by atoms with van der Waals surface area (Å²) in [5.41, 5.74) is 3.12. The summed E-state index contributed by atoms with van der Waals surface area (Å²) in [4.78, 5) is 18.8. The highest BCUT2D eigenvalue weighted by Gasteiger charge is 2.22. The molecule has 1 atom stereocenters. The maximum Gasteiger partial charge on any atom is 0.321 e. The standard InChI is InChI=1S/C19H32N4O2/c1-15-13-16(8-9-18(15)22(4)5)20-19(24)23(11-10-21(2)3)14-17-7-6-12-25-17/h8-9,13,17H,6-7,10-12,14H2,1-5H3,(H,20,24)/t17-/m1/s1. The predicted molar refractivity (Wildman–Crippen MR) is 104 cm³/mol. The van der Waals surface area contributed by atoms with E-state index in [1.165, 1.54) is 0 Å². The highest BCUT2D eigenvalue weighted by Crippen LogP contribution is 2.22. The number of likely N-dealkylation sites (N-methyl/N-ethyl adjacent to an activating group) is 1. The van der Waals surface area contributed by atoms with Gasteiger partial charge in [0.2, 0.25) is 0 Å². The number of rotatable bonds is 7. The number of aryl methyl sites for hydroxylation is 1. The largest absolute Gasteiger partial charge is 0.377 e. The molecule has 0 radical (unpaired) electrons. The Morgan fingerprint density at radius 3 is 2.56 bits per heavy atom. The quantitative estimate of drug-likeness (QED) is 0.823. The van der Waals surface area contributed by atoms with Crippen LogP contribution in [0.3, 0.4) is 0 Å². The van der Waals surface area contributed by atoms with Gasteiger partial charge in [0.25, 0.3) is 0 Å². The van der Waals surface area contributed by atoms with Gasteiger partial charge in [0, 0.05) is 51.7 Å². The Labute approximate surface area is 151 Å². The maximum absolute atomic E-state index is 12.8. The number of carbonyl (C=O) groups is 1. The molecule has 1 fully saturated rings. The first-order chi connectivity index (χ1) is 11.9. The van der Waals surface area contributed by atoms with Gasteiger partial charge in [-0.3, -0.25) is 0 Å². The van der Waals surface area contributed by atoms with Crippen LogP contribution in [0.5, 0.6) is 0 Å². The third-order valence-corrected chi connectivity index (χ3v) is 4.48. The van der Waals surface area contributed by atoms with Crippen LogP contribution in [0, 0.1) is 6.92 Å². The van der Waals surface area contributed by atoms with Gasteiger partial charge in [0.1, 0.15) is 0 Å². The lowest BCUT2D eigenvalue weighted by molar-refractivity contribution is 0.0820. The molecular weight excluding hydrogens is 316 g/mol. The average Bonchev–Trinajstić information content (AvgIpc) is 3.03. The normalized spacial score (nSPS) is 17.0. The Morgan fingerprint density at radius 1 is 1.24 bits per heavy atom. The van der Waals surface area contributed by atoms with Crippen LogP contribution in [0.25, 0.3) is 0 Å². The second-order valence-corrected chi connectivity index (χ2v) is 7.21. The number of nitrogens with one attached hydrogen (secondary N) is 1. The minimum absolute atomic E-state index is 0.0608. The van der Waals surface area contributed by atoms with Gasteiger partial charge in [-0.2, -0.15) is 0 Å². The molecule has 1 aromatic carbocycles. The van der Waals surface area contributed by atoms with E-state index in [1.54, 1.807) is 0 Å². The third kappa shape index (κ3) is 5.90. The number of benzene rings is 1. The summed E-state index contributed by atoms with van der Waals surface area (Å²) >= 11 is 0. The molecule has 0 unspecified atom stereocenters. The van der Waals surface area contributed by atoms with Crippen molar-refractivity contribution in [2.75, 3.05) is 64.6 Å². The number of urea groups is 1. The number of hydrogen-bond acceptors (Lipinski definition) is 4. The highest BCUT2D eigenvalue weighted by atomic mass is 16.5. The van der Waals surface area contributed by atoms with Gasteiger partial charge in [-0.05, 0) is 57.6 Å². The summed E-state index contributed by atoms with van der Waals surface area (Å²) in [6.07, 6.45) is 2.27.